The van der Waals surface area contributed by atoms with Gasteiger partial charge in [-0.25, -0.2) is 0 Å². The molecule has 4 nitrogen and oxygen atoms in total. The second-order valence-electron chi connectivity index (χ2n) is 5.65. The lowest BCUT2D eigenvalue weighted by Gasteiger charge is -2.25. The number of benzene rings is 1. The highest BCUT2D eigenvalue weighted by atomic mass is 35.5. The number of ketones is 1. The molecule has 0 radical (unpaired) electrons. The smallest absolute Gasteiger partial charge is 0.321 e. The Morgan fingerprint density at radius 3 is 2.73 bits per heavy atom. The van der Waals surface area contributed by atoms with Crippen molar-refractivity contribution >= 4 is 23.4 Å². The molecule has 1 aromatic rings. The zero-order valence-electron chi connectivity index (χ0n) is 12.9. The lowest BCUT2D eigenvalue weighted by molar-refractivity contribution is -0.158. The van der Waals surface area contributed by atoms with E-state index in [1.54, 1.807) is 6.92 Å². The topological polar surface area (TPSA) is 46.6 Å². The molecule has 0 N–H and O–H groups in total. The van der Waals surface area contributed by atoms with Crippen molar-refractivity contribution in [3.63, 3.8) is 0 Å². The number of rotatable bonds is 7. The van der Waals surface area contributed by atoms with Crippen LogP contribution >= 0.6 is 11.6 Å². The third-order valence-corrected chi connectivity index (χ3v) is 4.31. The molecule has 0 bridgehead atoms. The molecule has 1 aliphatic rings. The van der Waals surface area contributed by atoms with Gasteiger partial charge in [-0.05, 0) is 25.3 Å². The van der Waals surface area contributed by atoms with Crippen molar-refractivity contribution < 1.29 is 14.3 Å². The summed E-state index contributed by atoms with van der Waals surface area (Å²) in [5.74, 6) is -0.0136. The zero-order chi connectivity index (χ0) is 16.0. The van der Waals surface area contributed by atoms with Crippen LogP contribution in [0, 0.1) is 5.41 Å². The van der Waals surface area contributed by atoms with Gasteiger partial charge >= 0.3 is 5.97 Å². The van der Waals surface area contributed by atoms with E-state index in [0.717, 1.165) is 5.56 Å². The van der Waals surface area contributed by atoms with Gasteiger partial charge in [0.1, 0.15) is 5.41 Å². The Bertz CT molecular complexity index is 520. The molecule has 0 amide bonds. The highest BCUT2D eigenvalue weighted by molar-refractivity contribution is 6.17. The van der Waals surface area contributed by atoms with E-state index in [4.69, 9.17) is 16.3 Å². The number of carbonyl (C=O) groups is 2. The Morgan fingerprint density at radius 1 is 1.36 bits per heavy atom. The van der Waals surface area contributed by atoms with Gasteiger partial charge in [0, 0.05) is 19.0 Å². The zero-order valence-corrected chi connectivity index (χ0v) is 13.6. The molecule has 1 aromatic carbocycles. The summed E-state index contributed by atoms with van der Waals surface area (Å²) in [6.07, 6.45) is 1.09. The van der Waals surface area contributed by atoms with Gasteiger partial charge in [-0.2, -0.15) is 0 Å². The minimum Gasteiger partial charge on any atom is -0.465 e. The normalized spacial score (nSPS) is 22.0. The summed E-state index contributed by atoms with van der Waals surface area (Å²) in [7, 11) is 0. The maximum absolute atomic E-state index is 12.5. The van der Waals surface area contributed by atoms with E-state index in [-0.39, 0.29) is 18.9 Å². The summed E-state index contributed by atoms with van der Waals surface area (Å²) in [6, 6.07) is 9.95. The van der Waals surface area contributed by atoms with Crippen LogP contribution in [-0.2, 0) is 20.9 Å². The monoisotopic (exact) mass is 323 g/mol. The maximum Gasteiger partial charge on any atom is 0.321 e. The molecule has 0 aliphatic carbocycles. The van der Waals surface area contributed by atoms with Crippen LogP contribution in [0.1, 0.15) is 25.3 Å². The predicted octanol–water partition coefficient (Wildman–Crippen LogP) is 2.64. The summed E-state index contributed by atoms with van der Waals surface area (Å²) >= 11 is 5.76. The van der Waals surface area contributed by atoms with E-state index in [1.807, 2.05) is 35.2 Å². The fourth-order valence-electron chi connectivity index (χ4n) is 2.97. The maximum atomic E-state index is 12.5. The van der Waals surface area contributed by atoms with Crippen molar-refractivity contribution in [2.24, 2.45) is 5.41 Å². The third-order valence-electron chi connectivity index (χ3n) is 4.05. The summed E-state index contributed by atoms with van der Waals surface area (Å²) < 4.78 is 5.17. The fourth-order valence-corrected chi connectivity index (χ4v) is 3.10. The Labute approximate surface area is 136 Å². The van der Waals surface area contributed by atoms with Crippen molar-refractivity contribution in [3.8, 4) is 0 Å². The molecule has 1 heterocycles. The number of hydrogen-bond acceptors (Lipinski definition) is 4. The number of Topliss-reactive ketones (excluding diaryl/α,β-unsaturated/α-hetero) is 1. The molecular formula is C17H22ClNO3. The fraction of sp³-hybridized carbons (Fsp3) is 0.529. The predicted molar refractivity (Wildman–Crippen MR) is 85.7 cm³/mol. The van der Waals surface area contributed by atoms with Crippen LogP contribution in [0.2, 0.25) is 0 Å². The summed E-state index contributed by atoms with van der Waals surface area (Å²) in [4.78, 5) is 26.9. The van der Waals surface area contributed by atoms with E-state index < -0.39 is 11.4 Å². The molecule has 120 valence electrons. The highest BCUT2D eigenvalue weighted by Gasteiger charge is 2.52. The van der Waals surface area contributed by atoms with Gasteiger partial charge in [0.15, 0.2) is 5.78 Å². The van der Waals surface area contributed by atoms with Crippen molar-refractivity contribution in [1.82, 2.24) is 4.90 Å². The second kappa shape index (κ2) is 7.75. The molecule has 0 aromatic heterocycles. The van der Waals surface area contributed by atoms with Crippen molar-refractivity contribution in [1.29, 1.82) is 0 Å². The van der Waals surface area contributed by atoms with Crippen molar-refractivity contribution in [2.75, 3.05) is 25.6 Å². The molecule has 0 saturated carbocycles. The molecule has 1 unspecified atom stereocenters. The number of carbonyl (C=O) groups excluding carboxylic acids is 2. The lowest BCUT2D eigenvalue weighted by Crippen LogP contribution is -2.41. The van der Waals surface area contributed by atoms with Crippen molar-refractivity contribution in [2.45, 2.75) is 26.3 Å². The lowest BCUT2D eigenvalue weighted by atomic mass is 9.81. The minimum absolute atomic E-state index is 0.0491. The largest absolute Gasteiger partial charge is 0.465 e. The SMILES string of the molecule is CCOC(=O)C1(CCCCl)CN(Cc2ccccc2)CC1=O. The standard InChI is InChI=1S/C17H22ClNO3/c1-2-22-16(21)17(9-6-10-18)13-19(12-15(17)20)11-14-7-4-3-5-8-14/h3-5,7-8H,2,6,9-13H2,1H3. The van der Waals surface area contributed by atoms with E-state index >= 15 is 0 Å². The molecule has 22 heavy (non-hydrogen) atoms. The van der Waals surface area contributed by atoms with Crippen LogP contribution in [0.4, 0.5) is 0 Å². The number of nitrogens with zero attached hydrogens (tertiary/aromatic N) is 1. The van der Waals surface area contributed by atoms with Crippen LogP contribution < -0.4 is 0 Å². The Kier molecular flexibility index (Phi) is 5.98. The van der Waals surface area contributed by atoms with Crippen molar-refractivity contribution in [3.05, 3.63) is 35.9 Å². The summed E-state index contributed by atoms with van der Waals surface area (Å²) in [5, 5.41) is 0. The number of halogens is 1. The first-order valence-corrected chi connectivity index (χ1v) is 8.18. The van der Waals surface area contributed by atoms with E-state index in [0.29, 0.717) is 31.8 Å². The van der Waals surface area contributed by atoms with Crippen LogP contribution in [0.5, 0.6) is 0 Å². The van der Waals surface area contributed by atoms with Crippen LogP contribution in [0.25, 0.3) is 0 Å². The number of hydrogen-bond donors (Lipinski definition) is 0. The molecule has 1 saturated heterocycles. The quantitative estimate of drug-likeness (QED) is 0.440. The number of ether oxygens (including phenoxy) is 1. The molecule has 1 atom stereocenters. The third kappa shape index (κ3) is 3.68. The van der Waals surface area contributed by atoms with Gasteiger partial charge in [0.2, 0.25) is 0 Å². The van der Waals surface area contributed by atoms with Gasteiger partial charge in [0.05, 0.1) is 13.2 Å². The Hall–Kier alpha value is -1.39. The van der Waals surface area contributed by atoms with E-state index in [9.17, 15) is 9.59 Å². The van der Waals surface area contributed by atoms with Gasteiger partial charge in [-0.1, -0.05) is 30.3 Å². The molecule has 5 heteroatoms. The van der Waals surface area contributed by atoms with Crippen LogP contribution in [-0.4, -0.2) is 42.2 Å². The van der Waals surface area contributed by atoms with E-state index in [2.05, 4.69) is 0 Å². The number of alkyl halides is 1. The second-order valence-corrected chi connectivity index (χ2v) is 6.03. The Balaban J connectivity index is 2.13. The van der Waals surface area contributed by atoms with Gasteiger partial charge < -0.3 is 4.74 Å². The number of likely N-dealkylation sites (tertiary alicyclic amines) is 1. The number of esters is 1. The van der Waals surface area contributed by atoms with Gasteiger partial charge in [0.25, 0.3) is 0 Å². The molecule has 1 fully saturated rings. The average molecular weight is 324 g/mol. The van der Waals surface area contributed by atoms with Crippen LogP contribution in [0.15, 0.2) is 30.3 Å². The molecular weight excluding hydrogens is 302 g/mol. The first-order chi connectivity index (χ1) is 10.6. The molecule has 1 aliphatic heterocycles. The van der Waals surface area contributed by atoms with Crippen LogP contribution in [0.3, 0.4) is 0 Å². The van der Waals surface area contributed by atoms with Gasteiger partial charge in [-0.15, -0.1) is 11.6 Å². The van der Waals surface area contributed by atoms with Gasteiger partial charge in [-0.3, -0.25) is 14.5 Å². The summed E-state index contributed by atoms with van der Waals surface area (Å²) in [6.45, 7) is 3.41. The average Bonchev–Trinajstić information content (AvgIpc) is 2.83. The minimum atomic E-state index is -1.04. The van der Waals surface area contributed by atoms with E-state index in [1.165, 1.54) is 0 Å². The molecule has 2 rings (SSSR count). The Morgan fingerprint density at radius 2 is 2.09 bits per heavy atom. The summed E-state index contributed by atoms with van der Waals surface area (Å²) in [5.41, 5.74) is 0.0898. The molecule has 0 spiro atoms. The first-order valence-electron chi connectivity index (χ1n) is 7.65. The highest BCUT2D eigenvalue weighted by Crippen LogP contribution is 2.34. The first kappa shape index (κ1) is 17.0.